The van der Waals surface area contributed by atoms with Gasteiger partial charge in [0.25, 0.3) is 0 Å². The highest BCUT2D eigenvalue weighted by Crippen LogP contribution is 2.37. The number of ketones is 2. The van der Waals surface area contributed by atoms with E-state index in [9.17, 15) is 9.59 Å². The average Bonchev–Trinajstić information content (AvgIpc) is 3.21. The Labute approximate surface area is 356 Å². The molecule has 5 rings (SSSR count). The molecule has 5 aromatic carbocycles. The maximum absolute atomic E-state index is 12.8. The molecule has 0 amide bonds. The van der Waals surface area contributed by atoms with Crippen LogP contribution in [0.2, 0.25) is 0 Å². The number of carbonyl (C=O) groups is 2. The Morgan fingerprint density at radius 2 is 1.20 bits per heavy atom. The summed E-state index contributed by atoms with van der Waals surface area (Å²) in [6.07, 6.45) is 3.65. The molecular weight excluding hydrogens is 751 g/mol. The number of carbonyl (C=O) groups excluding carboxylic acids is 2. The van der Waals surface area contributed by atoms with Gasteiger partial charge < -0.3 is 29.6 Å². The van der Waals surface area contributed by atoms with E-state index in [1.54, 1.807) is 39.3 Å². The van der Waals surface area contributed by atoms with Crippen LogP contribution in [-0.2, 0) is 26.1 Å². The molecule has 0 aliphatic rings. The van der Waals surface area contributed by atoms with Crippen molar-refractivity contribution in [3.05, 3.63) is 136 Å². The van der Waals surface area contributed by atoms with E-state index >= 15 is 0 Å². The van der Waals surface area contributed by atoms with Crippen LogP contribution in [0.3, 0.4) is 0 Å². The van der Waals surface area contributed by atoms with E-state index < -0.39 is 0 Å². The second-order valence-electron chi connectivity index (χ2n) is 16.1. The fraction of sp³-hybridized carbons (Fsp3) is 0.353. The number of nitrogens with one attached hydrogen (secondary N) is 2. The lowest BCUT2D eigenvalue weighted by molar-refractivity contribution is 0.100. The quantitative estimate of drug-likeness (QED) is 0.0557. The third-order valence-electron chi connectivity index (χ3n) is 10.4. The van der Waals surface area contributed by atoms with Gasteiger partial charge in [-0.05, 0) is 130 Å². The van der Waals surface area contributed by atoms with Gasteiger partial charge in [-0.1, -0.05) is 62.4 Å². The first-order chi connectivity index (χ1) is 28.7. The first-order valence-corrected chi connectivity index (χ1v) is 20.7. The van der Waals surface area contributed by atoms with Gasteiger partial charge in [-0.3, -0.25) is 14.6 Å². The molecule has 5 aromatic rings. The van der Waals surface area contributed by atoms with Gasteiger partial charge in [-0.15, -0.1) is 0 Å². The third-order valence-corrected chi connectivity index (χ3v) is 10.4. The number of hydrogen-bond donors (Lipinski definition) is 2. The molecule has 0 aliphatic carbocycles. The lowest BCUT2D eigenvalue weighted by Crippen LogP contribution is -2.16. The predicted molar refractivity (Wildman–Crippen MR) is 245 cm³/mol. The number of methoxy groups -OCH3 is 2. The molecule has 0 fully saturated rings. The van der Waals surface area contributed by atoms with E-state index in [1.807, 2.05) is 30.5 Å². The molecule has 0 spiro atoms. The van der Waals surface area contributed by atoms with Crippen molar-refractivity contribution in [3.8, 4) is 23.0 Å². The van der Waals surface area contributed by atoms with Gasteiger partial charge in [0.15, 0.2) is 34.6 Å². The smallest absolute Gasteiger partial charge is 0.163 e. The first kappa shape index (κ1) is 45.0. The number of aryl methyl sites for hydroxylation is 2. The summed E-state index contributed by atoms with van der Waals surface area (Å²) in [4.78, 5) is 30.3. The molecule has 0 heterocycles. The number of Topliss-reactive ketones (excluding diaryl/α,β-unsaturated/α-hetero) is 2. The maximum Gasteiger partial charge on any atom is 0.163 e. The molecule has 2 atom stereocenters. The second kappa shape index (κ2) is 21.3. The summed E-state index contributed by atoms with van der Waals surface area (Å²) in [7, 11) is 3.14. The Kier molecular flexibility index (Phi) is 15.9. The van der Waals surface area contributed by atoms with Crippen molar-refractivity contribution in [2.45, 2.75) is 87.5 Å². The van der Waals surface area contributed by atoms with E-state index in [2.05, 4.69) is 101 Å². The van der Waals surface area contributed by atoms with Crippen LogP contribution in [-0.4, -0.2) is 44.6 Å². The van der Waals surface area contributed by atoms with Crippen molar-refractivity contribution in [1.82, 2.24) is 0 Å². The Morgan fingerprint density at radius 1 is 0.667 bits per heavy atom. The Morgan fingerprint density at radius 3 is 1.73 bits per heavy atom. The lowest BCUT2D eigenvalue weighted by Gasteiger charge is -2.20. The summed E-state index contributed by atoms with van der Waals surface area (Å²) in [6, 6.07) is 30.2. The van der Waals surface area contributed by atoms with Crippen molar-refractivity contribution in [2.24, 2.45) is 16.8 Å². The highest BCUT2D eigenvalue weighted by atomic mass is 16.5. The SMILES string of the molecule is COc1cc(C(C)=O)c(N=C[C@@H](C)Cc2ccccc2C)cc1OCc1cc(COc2cc(NC[C@@H](C)Cc3ccccc3C)c(C(C)=O)cc2OC)cc(NC(C)C)c1. The van der Waals surface area contributed by atoms with Gasteiger partial charge in [0.05, 0.1) is 19.9 Å². The number of ether oxygens (including phenoxy) is 4. The average molecular weight is 812 g/mol. The van der Waals surface area contributed by atoms with Crippen LogP contribution >= 0.6 is 0 Å². The van der Waals surface area contributed by atoms with Gasteiger partial charge in [0, 0.05) is 53.4 Å². The zero-order valence-electron chi connectivity index (χ0n) is 36.9. The molecule has 0 aromatic heterocycles. The minimum absolute atomic E-state index is 0.0646. The van der Waals surface area contributed by atoms with Gasteiger partial charge in [0.2, 0.25) is 0 Å². The van der Waals surface area contributed by atoms with Crippen molar-refractivity contribution in [2.75, 3.05) is 31.4 Å². The van der Waals surface area contributed by atoms with E-state index in [1.165, 1.54) is 29.2 Å². The standard InChI is InChI=1S/C51H61N3O6/c1-32(2)54-43-22-39(30-59-50-26-46(44(37(7)55)24-48(50)57-9)52-28-33(3)19-41-17-13-11-15-35(41)5)21-40(23-43)31-60-51-27-47(45(38(8)56)25-49(51)58-10)53-29-34(4)20-42-18-14-12-16-36(42)6/h11-18,21-28,32-34,53-54H,19-20,29-31H2,1-10H3/t33-,34-/m0/s1. The van der Waals surface area contributed by atoms with Gasteiger partial charge in [-0.25, -0.2) is 0 Å². The van der Waals surface area contributed by atoms with E-state index in [0.29, 0.717) is 58.0 Å². The van der Waals surface area contributed by atoms with Crippen molar-refractivity contribution in [3.63, 3.8) is 0 Å². The fourth-order valence-corrected chi connectivity index (χ4v) is 7.17. The normalized spacial score (nSPS) is 12.2. The lowest BCUT2D eigenvalue weighted by atomic mass is 9.97. The molecule has 316 valence electrons. The zero-order chi connectivity index (χ0) is 43.3. The van der Waals surface area contributed by atoms with Crippen molar-refractivity contribution >= 4 is 34.8 Å². The van der Waals surface area contributed by atoms with Crippen molar-refractivity contribution in [1.29, 1.82) is 0 Å². The maximum atomic E-state index is 12.8. The molecule has 0 aliphatic heterocycles. The summed E-state index contributed by atoms with van der Waals surface area (Å²) in [5, 5.41) is 7.04. The predicted octanol–water partition coefficient (Wildman–Crippen LogP) is 11.6. The highest BCUT2D eigenvalue weighted by molar-refractivity contribution is 6.01. The molecule has 0 saturated carbocycles. The summed E-state index contributed by atoms with van der Waals surface area (Å²) in [5.41, 5.74) is 10.1. The van der Waals surface area contributed by atoms with Gasteiger partial charge >= 0.3 is 0 Å². The van der Waals surface area contributed by atoms with Crippen LogP contribution < -0.4 is 29.6 Å². The second-order valence-corrected chi connectivity index (χ2v) is 16.1. The molecule has 0 saturated heterocycles. The largest absolute Gasteiger partial charge is 0.493 e. The molecule has 9 nitrogen and oxygen atoms in total. The zero-order valence-corrected chi connectivity index (χ0v) is 36.9. The molecule has 0 radical (unpaired) electrons. The van der Waals surface area contributed by atoms with Crippen LogP contribution in [0.1, 0.15) is 95.6 Å². The Balaban J connectivity index is 1.36. The Bertz CT molecular complexity index is 2300. The first-order valence-electron chi connectivity index (χ1n) is 20.7. The molecule has 0 unspecified atom stereocenters. The van der Waals surface area contributed by atoms with E-state index in [4.69, 9.17) is 23.9 Å². The van der Waals surface area contributed by atoms with Gasteiger partial charge in [0.1, 0.15) is 13.2 Å². The number of rotatable bonds is 21. The number of anilines is 2. The van der Waals surface area contributed by atoms with Crippen LogP contribution in [0.4, 0.5) is 17.1 Å². The molecule has 2 N–H and O–H groups in total. The minimum atomic E-state index is -0.112. The van der Waals surface area contributed by atoms with Gasteiger partial charge in [-0.2, -0.15) is 0 Å². The third kappa shape index (κ3) is 12.5. The highest BCUT2D eigenvalue weighted by Gasteiger charge is 2.18. The molecule has 60 heavy (non-hydrogen) atoms. The van der Waals surface area contributed by atoms with Crippen LogP contribution in [0, 0.1) is 25.7 Å². The van der Waals surface area contributed by atoms with Crippen LogP contribution in [0.15, 0.2) is 96.0 Å². The number of hydrogen-bond acceptors (Lipinski definition) is 9. The topological polar surface area (TPSA) is 107 Å². The molecule has 0 bridgehead atoms. The number of aliphatic imine (C=N–C) groups is 1. The summed E-state index contributed by atoms with van der Waals surface area (Å²) >= 11 is 0. The summed E-state index contributed by atoms with van der Waals surface area (Å²) in [6.45, 7) is 16.9. The molecule has 9 heteroatoms. The summed E-state index contributed by atoms with van der Waals surface area (Å²) < 4.78 is 24.3. The number of benzene rings is 5. The van der Waals surface area contributed by atoms with Crippen LogP contribution in [0.5, 0.6) is 23.0 Å². The number of nitrogens with zero attached hydrogens (tertiary/aromatic N) is 1. The Hall–Kier alpha value is -6.09. The minimum Gasteiger partial charge on any atom is -0.493 e. The monoisotopic (exact) mass is 811 g/mol. The fourth-order valence-electron chi connectivity index (χ4n) is 7.17. The van der Waals surface area contributed by atoms with E-state index in [0.717, 1.165) is 29.7 Å². The van der Waals surface area contributed by atoms with Crippen molar-refractivity contribution < 1.29 is 28.5 Å². The summed E-state index contributed by atoms with van der Waals surface area (Å²) in [5.74, 6) is 2.20. The van der Waals surface area contributed by atoms with E-state index in [-0.39, 0.29) is 36.7 Å². The molecular formula is C51H61N3O6. The van der Waals surface area contributed by atoms with Crippen LogP contribution in [0.25, 0.3) is 0 Å².